The highest BCUT2D eigenvalue weighted by molar-refractivity contribution is 5.93. The van der Waals surface area contributed by atoms with Crippen LogP contribution in [0.5, 0.6) is 5.75 Å². The summed E-state index contributed by atoms with van der Waals surface area (Å²) in [7, 11) is 1.69. The minimum atomic E-state index is -0.706. The molecule has 0 fully saturated rings. The number of carboxylic acid groups (broad SMARTS) is 1. The van der Waals surface area contributed by atoms with Crippen LogP contribution >= 0.6 is 0 Å². The minimum absolute atomic E-state index is 0.00490. The van der Waals surface area contributed by atoms with Crippen LogP contribution in [0, 0.1) is 0 Å². The van der Waals surface area contributed by atoms with Crippen molar-refractivity contribution < 1.29 is 19.2 Å². The van der Waals surface area contributed by atoms with Gasteiger partial charge in [0.05, 0.1) is 12.5 Å². The van der Waals surface area contributed by atoms with Gasteiger partial charge < -0.3 is 9.84 Å². The molecule has 0 saturated heterocycles. The van der Waals surface area contributed by atoms with Crippen molar-refractivity contribution in [2.24, 2.45) is 0 Å². The van der Waals surface area contributed by atoms with Crippen molar-refractivity contribution in [1.82, 2.24) is 0 Å². The molecular formula is C18H26NO3+. The summed E-state index contributed by atoms with van der Waals surface area (Å²) in [6, 6.07) is 6.26. The van der Waals surface area contributed by atoms with E-state index < -0.39 is 5.97 Å². The zero-order valence-electron chi connectivity index (χ0n) is 14.0. The van der Waals surface area contributed by atoms with Gasteiger partial charge in [-0.15, -0.1) is 0 Å². The fourth-order valence-corrected chi connectivity index (χ4v) is 3.10. The summed E-state index contributed by atoms with van der Waals surface area (Å²) in [6.07, 6.45) is 2.97. The number of methoxy groups -OCH3 is 1. The molecule has 0 spiro atoms. The van der Waals surface area contributed by atoms with Gasteiger partial charge in [0.25, 0.3) is 0 Å². The molecule has 22 heavy (non-hydrogen) atoms. The second-order valence-electron chi connectivity index (χ2n) is 6.45. The third-order valence-electron chi connectivity index (χ3n) is 4.75. The van der Waals surface area contributed by atoms with Crippen molar-refractivity contribution in [3.63, 3.8) is 0 Å². The van der Waals surface area contributed by atoms with Crippen molar-refractivity contribution >= 4 is 17.4 Å². The number of aliphatic carboxylic acids is 1. The Morgan fingerprint density at radius 3 is 2.64 bits per heavy atom. The van der Waals surface area contributed by atoms with Crippen LogP contribution in [-0.4, -0.2) is 35.0 Å². The van der Waals surface area contributed by atoms with E-state index in [-0.39, 0.29) is 11.8 Å². The zero-order valence-corrected chi connectivity index (χ0v) is 14.0. The SMILES string of the molecule is COc1ccc2c(c1)C(C)(C)C(C)=[N+]2CCCCCC(=O)O. The molecule has 1 aromatic rings. The second-order valence-corrected chi connectivity index (χ2v) is 6.45. The average Bonchev–Trinajstić information content (AvgIpc) is 2.67. The number of fused-ring (bicyclic) bond motifs is 1. The summed E-state index contributed by atoms with van der Waals surface area (Å²) in [5.74, 6) is 0.186. The van der Waals surface area contributed by atoms with Crippen molar-refractivity contribution in [2.75, 3.05) is 13.7 Å². The van der Waals surface area contributed by atoms with E-state index in [4.69, 9.17) is 9.84 Å². The summed E-state index contributed by atoms with van der Waals surface area (Å²) < 4.78 is 7.73. The Balaban J connectivity index is 2.12. The Labute approximate surface area is 132 Å². The highest BCUT2D eigenvalue weighted by Crippen LogP contribution is 2.41. The van der Waals surface area contributed by atoms with Gasteiger partial charge in [0.1, 0.15) is 12.3 Å². The summed E-state index contributed by atoms with van der Waals surface area (Å²) in [6.45, 7) is 7.61. The Morgan fingerprint density at radius 2 is 2.00 bits per heavy atom. The van der Waals surface area contributed by atoms with Gasteiger partial charge in [0.15, 0.2) is 5.71 Å². The highest BCUT2D eigenvalue weighted by atomic mass is 16.5. The van der Waals surface area contributed by atoms with Crippen molar-refractivity contribution in [2.45, 2.75) is 51.9 Å². The molecule has 0 atom stereocenters. The van der Waals surface area contributed by atoms with Crippen LogP contribution < -0.4 is 4.74 Å². The first kappa shape index (κ1) is 16.5. The molecule has 0 unspecified atom stereocenters. The van der Waals surface area contributed by atoms with E-state index in [0.29, 0.717) is 0 Å². The normalized spacial score (nSPS) is 15.8. The largest absolute Gasteiger partial charge is 0.497 e. The Kier molecular flexibility index (Phi) is 4.89. The number of benzene rings is 1. The smallest absolute Gasteiger partial charge is 0.303 e. The first-order valence-electron chi connectivity index (χ1n) is 7.90. The van der Waals surface area contributed by atoms with Crippen LogP contribution in [0.4, 0.5) is 5.69 Å². The van der Waals surface area contributed by atoms with Crippen molar-refractivity contribution in [1.29, 1.82) is 0 Å². The fourth-order valence-electron chi connectivity index (χ4n) is 3.10. The number of rotatable bonds is 7. The summed E-state index contributed by atoms with van der Waals surface area (Å²) in [5.41, 5.74) is 3.90. The standard InChI is InChI=1S/C18H25NO3/c1-13-18(2,3)15-12-14(22-4)9-10-16(15)19(13)11-7-5-6-8-17(20)21/h9-10,12H,5-8,11H2,1-4H3/p+1. The number of carbonyl (C=O) groups is 1. The molecule has 1 aliphatic heterocycles. The molecule has 0 bridgehead atoms. The van der Waals surface area contributed by atoms with Crippen LogP contribution in [-0.2, 0) is 10.2 Å². The minimum Gasteiger partial charge on any atom is -0.497 e. The second kappa shape index (κ2) is 6.51. The molecule has 0 radical (unpaired) electrons. The number of ether oxygens (including phenoxy) is 1. The third-order valence-corrected chi connectivity index (χ3v) is 4.75. The Hall–Kier alpha value is -1.84. The van der Waals surface area contributed by atoms with Gasteiger partial charge in [-0.25, -0.2) is 0 Å². The summed E-state index contributed by atoms with van der Waals surface area (Å²) >= 11 is 0. The lowest BCUT2D eigenvalue weighted by Crippen LogP contribution is -2.26. The van der Waals surface area contributed by atoms with Gasteiger partial charge in [0.2, 0.25) is 5.69 Å². The number of carboxylic acids is 1. The van der Waals surface area contributed by atoms with Crippen LogP contribution in [0.1, 0.15) is 52.0 Å². The van der Waals surface area contributed by atoms with E-state index in [9.17, 15) is 4.79 Å². The molecule has 0 amide bonds. The maximum Gasteiger partial charge on any atom is 0.303 e. The van der Waals surface area contributed by atoms with Gasteiger partial charge in [0, 0.05) is 31.4 Å². The lowest BCUT2D eigenvalue weighted by Gasteiger charge is -2.15. The van der Waals surface area contributed by atoms with Crippen LogP contribution in [0.2, 0.25) is 0 Å². The van der Waals surface area contributed by atoms with Gasteiger partial charge in [-0.2, -0.15) is 4.58 Å². The maximum absolute atomic E-state index is 10.6. The molecule has 1 aliphatic rings. The fraction of sp³-hybridized carbons (Fsp3) is 0.556. The van der Waals surface area contributed by atoms with Crippen molar-refractivity contribution in [3.05, 3.63) is 23.8 Å². The molecule has 0 aliphatic carbocycles. The molecule has 4 heteroatoms. The summed E-state index contributed by atoms with van der Waals surface area (Å²) in [5, 5.41) is 8.69. The van der Waals surface area contributed by atoms with E-state index in [1.807, 2.05) is 6.07 Å². The molecule has 1 heterocycles. The predicted molar refractivity (Wildman–Crippen MR) is 87.6 cm³/mol. The molecule has 1 aromatic carbocycles. The third kappa shape index (κ3) is 3.16. The lowest BCUT2D eigenvalue weighted by molar-refractivity contribution is -0.439. The zero-order chi connectivity index (χ0) is 16.3. The van der Waals surface area contributed by atoms with Crippen LogP contribution in [0.3, 0.4) is 0 Å². The maximum atomic E-state index is 10.6. The monoisotopic (exact) mass is 304 g/mol. The molecule has 1 N–H and O–H groups in total. The number of unbranched alkanes of at least 4 members (excludes halogenated alkanes) is 2. The average molecular weight is 304 g/mol. The molecule has 2 rings (SSSR count). The van der Waals surface area contributed by atoms with Gasteiger partial charge >= 0.3 is 5.97 Å². The first-order valence-corrected chi connectivity index (χ1v) is 7.90. The van der Waals surface area contributed by atoms with E-state index in [0.717, 1.165) is 31.6 Å². The molecule has 0 aromatic heterocycles. The molecule has 120 valence electrons. The Bertz CT molecular complexity index is 602. The van der Waals surface area contributed by atoms with Gasteiger partial charge in [-0.05, 0) is 38.8 Å². The Morgan fingerprint density at radius 1 is 1.27 bits per heavy atom. The highest BCUT2D eigenvalue weighted by Gasteiger charge is 2.42. The van der Waals surface area contributed by atoms with E-state index >= 15 is 0 Å². The van der Waals surface area contributed by atoms with E-state index in [2.05, 4.69) is 37.5 Å². The van der Waals surface area contributed by atoms with E-state index in [1.165, 1.54) is 17.0 Å². The number of nitrogens with zero attached hydrogens (tertiary/aromatic N) is 1. The number of hydrogen-bond acceptors (Lipinski definition) is 2. The van der Waals surface area contributed by atoms with E-state index in [1.54, 1.807) is 7.11 Å². The van der Waals surface area contributed by atoms with Gasteiger partial charge in [-0.1, -0.05) is 0 Å². The molecular weight excluding hydrogens is 278 g/mol. The first-order chi connectivity index (χ1) is 10.4. The van der Waals surface area contributed by atoms with Crippen LogP contribution in [0.15, 0.2) is 18.2 Å². The van der Waals surface area contributed by atoms with Crippen molar-refractivity contribution in [3.8, 4) is 5.75 Å². The quantitative estimate of drug-likeness (QED) is 0.617. The summed E-state index contributed by atoms with van der Waals surface area (Å²) in [4.78, 5) is 10.6. The predicted octanol–water partition coefficient (Wildman–Crippen LogP) is 3.74. The van der Waals surface area contributed by atoms with Crippen LogP contribution in [0.25, 0.3) is 0 Å². The number of hydrogen-bond donors (Lipinski definition) is 1. The topological polar surface area (TPSA) is 49.5 Å². The van der Waals surface area contributed by atoms with Gasteiger partial charge in [-0.3, -0.25) is 4.79 Å². The molecule has 0 saturated carbocycles. The molecule has 4 nitrogen and oxygen atoms in total. The lowest BCUT2D eigenvalue weighted by atomic mass is 9.82.